The molecule has 6 nitrogen and oxygen atoms in total. The SMILES string of the molecule is O=C(NC(Cc1ccccc1)C(=O)NCc1ccc(Oc2cccnc2)c(F)c1)c1ccccc1. The van der Waals surface area contributed by atoms with Gasteiger partial charge in [-0.05, 0) is 47.5 Å². The van der Waals surface area contributed by atoms with Crippen molar-refractivity contribution in [2.75, 3.05) is 0 Å². The number of carbonyl (C=O) groups is 2. The molecule has 1 aromatic heterocycles. The topological polar surface area (TPSA) is 80.3 Å². The minimum Gasteiger partial charge on any atom is -0.453 e. The van der Waals surface area contributed by atoms with E-state index in [0.717, 1.165) is 5.56 Å². The third-order valence-electron chi connectivity index (χ3n) is 5.27. The van der Waals surface area contributed by atoms with E-state index in [1.165, 1.54) is 18.3 Å². The molecule has 2 N–H and O–H groups in total. The van der Waals surface area contributed by atoms with Crippen LogP contribution < -0.4 is 15.4 Å². The van der Waals surface area contributed by atoms with Crippen LogP contribution in [-0.2, 0) is 17.8 Å². The zero-order valence-corrected chi connectivity index (χ0v) is 18.9. The number of ether oxygens (including phenoxy) is 1. The van der Waals surface area contributed by atoms with E-state index >= 15 is 0 Å². The molecule has 0 saturated carbocycles. The Labute approximate surface area is 202 Å². The van der Waals surface area contributed by atoms with Gasteiger partial charge in [-0.2, -0.15) is 0 Å². The summed E-state index contributed by atoms with van der Waals surface area (Å²) in [4.78, 5) is 29.7. The predicted molar refractivity (Wildman–Crippen MR) is 130 cm³/mol. The van der Waals surface area contributed by atoms with Crippen LogP contribution in [0.25, 0.3) is 0 Å². The van der Waals surface area contributed by atoms with Crippen molar-refractivity contribution in [3.05, 3.63) is 126 Å². The molecule has 0 aliphatic carbocycles. The number of carbonyl (C=O) groups excluding carboxylic acids is 2. The zero-order valence-electron chi connectivity index (χ0n) is 18.9. The van der Waals surface area contributed by atoms with Crippen LogP contribution in [0.5, 0.6) is 11.5 Å². The fourth-order valence-corrected chi connectivity index (χ4v) is 3.47. The summed E-state index contributed by atoms with van der Waals surface area (Å²) in [6, 6.07) is 25.2. The number of aromatic nitrogens is 1. The molecule has 2 amide bonds. The number of rotatable bonds is 9. The molecule has 1 atom stereocenters. The highest BCUT2D eigenvalue weighted by atomic mass is 19.1. The largest absolute Gasteiger partial charge is 0.453 e. The highest BCUT2D eigenvalue weighted by molar-refractivity contribution is 5.97. The highest BCUT2D eigenvalue weighted by Crippen LogP contribution is 2.24. The lowest BCUT2D eigenvalue weighted by atomic mass is 10.0. The van der Waals surface area contributed by atoms with Crippen LogP contribution >= 0.6 is 0 Å². The summed E-state index contributed by atoms with van der Waals surface area (Å²) in [6.45, 7) is 0.0927. The van der Waals surface area contributed by atoms with E-state index in [1.54, 1.807) is 48.7 Å². The summed E-state index contributed by atoms with van der Waals surface area (Å²) in [7, 11) is 0. The summed E-state index contributed by atoms with van der Waals surface area (Å²) in [5.41, 5.74) is 1.93. The highest BCUT2D eigenvalue weighted by Gasteiger charge is 2.22. The molecule has 7 heteroatoms. The van der Waals surface area contributed by atoms with Gasteiger partial charge in [0.1, 0.15) is 11.8 Å². The number of hydrogen-bond acceptors (Lipinski definition) is 4. The Hall–Kier alpha value is -4.52. The van der Waals surface area contributed by atoms with Crippen molar-refractivity contribution in [3.63, 3.8) is 0 Å². The van der Waals surface area contributed by atoms with E-state index in [4.69, 9.17) is 4.74 Å². The lowest BCUT2D eigenvalue weighted by Gasteiger charge is -2.19. The Kier molecular flexibility index (Phi) is 7.81. The van der Waals surface area contributed by atoms with Gasteiger partial charge in [0.2, 0.25) is 5.91 Å². The first-order valence-corrected chi connectivity index (χ1v) is 11.1. The van der Waals surface area contributed by atoms with E-state index in [0.29, 0.717) is 23.3 Å². The van der Waals surface area contributed by atoms with Gasteiger partial charge in [-0.15, -0.1) is 0 Å². The Balaban J connectivity index is 1.42. The Morgan fingerprint density at radius 1 is 0.886 bits per heavy atom. The van der Waals surface area contributed by atoms with Crippen LogP contribution in [-0.4, -0.2) is 22.8 Å². The monoisotopic (exact) mass is 469 g/mol. The Morgan fingerprint density at radius 2 is 1.63 bits per heavy atom. The Morgan fingerprint density at radius 3 is 2.31 bits per heavy atom. The number of pyridine rings is 1. The van der Waals surface area contributed by atoms with Crippen molar-refractivity contribution in [2.24, 2.45) is 0 Å². The molecule has 176 valence electrons. The number of hydrogen-bond donors (Lipinski definition) is 2. The van der Waals surface area contributed by atoms with Crippen molar-refractivity contribution >= 4 is 11.8 Å². The number of benzene rings is 3. The van der Waals surface area contributed by atoms with Gasteiger partial charge in [-0.25, -0.2) is 4.39 Å². The Bertz CT molecular complexity index is 1270. The quantitative estimate of drug-likeness (QED) is 0.373. The van der Waals surface area contributed by atoms with Crippen LogP contribution in [0.3, 0.4) is 0 Å². The molecular weight excluding hydrogens is 445 g/mol. The zero-order chi connectivity index (χ0) is 24.5. The van der Waals surface area contributed by atoms with Crippen molar-refractivity contribution in [1.29, 1.82) is 0 Å². The summed E-state index contributed by atoms with van der Waals surface area (Å²) in [5, 5.41) is 5.62. The van der Waals surface area contributed by atoms with Crippen molar-refractivity contribution in [3.8, 4) is 11.5 Å². The molecule has 0 radical (unpaired) electrons. The van der Waals surface area contributed by atoms with E-state index in [2.05, 4.69) is 15.6 Å². The molecule has 1 unspecified atom stereocenters. The van der Waals surface area contributed by atoms with Gasteiger partial charge in [0, 0.05) is 24.7 Å². The number of halogens is 1. The minimum absolute atomic E-state index is 0.0603. The number of nitrogens with one attached hydrogen (secondary N) is 2. The second kappa shape index (κ2) is 11.6. The summed E-state index contributed by atoms with van der Waals surface area (Å²) in [5.74, 6) is -0.784. The van der Waals surface area contributed by atoms with Crippen LogP contribution in [0.1, 0.15) is 21.5 Å². The molecule has 0 saturated heterocycles. The van der Waals surface area contributed by atoms with Crippen LogP contribution in [0.2, 0.25) is 0 Å². The van der Waals surface area contributed by atoms with Gasteiger partial charge in [0.15, 0.2) is 11.6 Å². The fraction of sp³-hybridized carbons (Fsp3) is 0.107. The van der Waals surface area contributed by atoms with Crippen molar-refractivity contribution in [1.82, 2.24) is 15.6 Å². The predicted octanol–water partition coefficient (Wildman–Crippen LogP) is 4.67. The summed E-state index contributed by atoms with van der Waals surface area (Å²) >= 11 is 0. The average Bonchev–Trinajstić information content (AvgIpc) is 2.90. The molecule has 4 aromatic rings. The molecule has 0 aliphatic rings. The standard InChI is InChI=1S/C28H24FN3O3/c29-24-16-21(13-14-26(24)35-23-12-7-15-30-19-23)18-31-28(34)25(17-20-8-3-1-4-9-20)32-27(33)22-10-5-2-6-11-22/h1-16,19,25H,17-18H2,(H,31,34)(H,32,33). The third kappa shape index (κ3) is 6.74. The molecule has 3 aromatic carbocycles. The fourth-order valence-electron chi connectivity index (χ4n) is 3.47. The lowest BCUT2D eigenvalue weighted by molar-refractivity contribution is -0.123. The maximum atomic E-state index is 14.6. The van der Waals surface area contributed by atoms with Crippen LogP contribution in [0.4, 0.5) is 4.39 Å². The van der Waals surface area contributed by atoms with E-state index < -0.39 is 11.9 Å². The normalized spacial score (nSPS) is 11.3. The van der Waals surface area contributed by atoms with Gasteiger partial charge < -0.3 is 15.4 Å². The van der Waals surface area contributed by atoms with Gasteiger partial charge in [-0.3, -0.25) is 14.6 Å². The molecule has 0 fully saturated rings. The number of amides is 2. The lowest BCUT2D eigenvalue weighted by Crippen LogP contribution is -2.47. The maximum absolute atomic E-state index is 14.6. The first kappa shape index (κ1) is 23.6. The first-order chi connectivity index (χ1) is 17.1. The summed E-state index contributed by atoms with van der Waals surface area (Å²) < 4.78 is 20.1. The van der Waals surface area contributed by atoms with Crippen LogP contribution in [0, 0.1) is 5.82 Å². The van der Waals surface area contributed by atoms with Crippen LogP contribution in [0.15, 0.2) is 103 Å². The van der Waals surface area contributed by atoms with Gasteiger partial charge in [0.25, 0.3) is 5.91 Å². The summed E-state index contributed by atoms with van der Waals surface area (Å²) in [6.07, 6.45) is 3.41. The maximum Gasteiger partial charge on any atom is 0.251 e. The second-order valence-corrected chi connectivity index (χ2v) is 7.86. The van der Waals surface area contributed by atoms with Crippen molar-refractivity contribution in [2.45, 2.75) is 19.0 Å². The average molecular weight is 470 g/mol. The molecule has 1 heterocycles. The molecule has 0 bridgehead atoms. The first-order valence-electron chi connectivity index (χ1n) is 11.1. The van der Waals surface area contributed by atoms with E-state index in [-0.39, 0.29) is 24.1 Å². The number of nitrogens with zero attached hydrogens (tertiary/aromatic N) is 1. The van der Waals surface area contributed by atoms with Crippen molar-refractivity contribution < 1.29 is 18.7 Å². The van der Waals surface area contributed by atoms with E-state index in [9.17, 15) is 14.0 Å². The third-order valence-corrected chi connectivity index (χ3v) is 5.27. The van der Waals surface area contributed by atoms with Gasteiger partial charge in [-0.1, -0.05) is 54.6 Å². The molecule has 4 rings (SSSR count). The molecule has 0 spiro atoms. The second-order valence-electron chi connectivity index (χ2n) is 7.86. The van der Waals surface area contributed by atoms with Gasteiger partial charge >= 0.3 is 0 Å². The van der Waals surface area contributed by atoms with E-state index in [1.807, 2.05) is 36.4 Å². The minimum atomic E-state index is -0.803. The molecule has 0 aliphatic heterocycles. The smallest absolute Gasteiger partial charge is 0.251 e. The molecule has 35 heavy (non-hydrogen) atoms. The van der Waals surface area contributed by atoms with Gasteiger partial charge in [0.05, 0.1) is 6.20 Å². The molecular formula is C28H24FN3O3.